The monoisotopic (exact) mass is 456 g/mol. The summed E-state index contributed by atoms with van der Waals surface area (Å²) in [4.78, 5) is 19.5. The van der Waals surface area contributed by atoms with Gasteiger partial charge in [-0.15, -0.1) is 0 Å². The van der Waals surface area contributed by atoms with Gasteiger partial charge in [0.25, 0.3) is 0 Å². The lowest BCUT2D eigenvalue weighted by molar-refractivity contribution is -0.131. The molecule has 8 heteroatoms. The fourth-order valence-corrected chi connectivity index (χ4v) is 5.20. The molecule has 2 heterocycles. The Labute approximate surface area is 191 Å². The number of carbonyl (C=O) groups excluding carboxylic acids is 1. The number of sulfonamides is 1. The van der Waals surface area contributed by atoms with E-state index >= 15 is 0 Å². The summed E-state index contributed by atoms with van der Waals surface area (Å²) in [5.41, 5.74) is 5.19. The maximum atomic E-state index is 13.1. The van der Waals surface area contributed by atoms with Crippen molar-refractivity contribution in [2.24, 2.45) is 0 Å². The topological polar surface area (TPSA) is 73.0 Å². The first-order valence-electron chi connectivity index (χ1n) is 11.2. The molecule has 0 radical (unpaired) electrons. The lowest BCUT2D eigenvalue weighted by Crippen LogP contribution is -2.51. The summed E-state index contributed by atoms with van der Waals surface area (Å²) >= 11 is 0. The van der Waals surface area contributed by atoms with Gasteiger partial charge in [0.15, 0.2) is 0 Å². The van der Waals surface area contributed by atoms with Crippen molar-refractivity contribution in [2.45, 2.75) is 26.3 Å². The Morgan fingerprint density at radius 1 is 1.00 bits per heavy atom. The molecule has 0 bridgehead atoms. The quantitative estimate of drug-likeness (QED) is 0.723. The van der Waals surface area contributed by atoms with Gasteiger partial charge in [0.2, 0.25) is 15.9 Å². The molecule has 0 atom stereocenters. The van der Waals surface area contributed by atoms with E-state index in [-0.39, 0.29) is 5.91 Å². The molecule has 7 nitrogen and oxygen atoms in total. The minimum atomic E-state index is -3.35. The van der Waals surface area contributed by atoms with Crippen molar-refractivity contribution in [3.63, 3.8) is 0 Å². The summed E-state index contributed by atoms with van der Waals surface area (Å²) in [6, 6.07) is 14.1. The van der Waals surface area contributed by atoms with Gasteiger partial charge >= 0.3 is 0 Å². The zero-order valence-corrected chi connectivity index (χ0v) is 19.7. The number of fused-ring (bicyclic) bond motifs is 1. The second kappa shape index (κ2) is 9.50. The lowest BCUT2D eigenvalue weighted by atomic mass is 10.00. The van der Waals surface area contributed by atoms with E-state index in [9.17, 15) is 13.2 Å². The molecule has 0 aliphatic carbocycles. The standard InChI is InChI=1S/C24H32N4O3S/c1-19-7-3-4-8-20(19)17-26-13-15-27(16-14-26)24(29)18-28-12-6-9-21-22(25-32(2,30)31)10-5-11-23(21)28/h3-5,7-8,10-11,25H,6,9,12-18H2,1-2H3. The molecule has 1 N–H and O–H groups in total. The molecule has 2 aliphatic heterocycles. The predicted molar refractivity (Wildman–Crippen MR) is 128 cm³/mol. The van der Waals surface area contributed by atoms with Crippen molar-refractivity contribution < 1.29 is 13.2 Å². The predicted octanol–water partition coefficient (Wildman–Crippen LogP) is 2.46. The largest absolute Gasteiger partial charge is 0.362 e. The van der Waals surface area contributed by atoms with Gasteiger partial charge < -0.3 is 9.80 Å². The molecule has 2 aromatic carbocycles. The van der Waals surface area contributed by atoms with Crippen molar-refractivity contribution in [2.75, 3.05) is 55.1 Å². The molecule has 4 rings (SSSR count). The number of carbonyl (C=O) groups is 1. The van der Waals surface area contributed by atoms with Crippen LogP contribution in [0.5, 0.6) is 0 Å². The van der Waals surface area contributed by atoms with Crippen LogP contribution in [0.15, 0.2) is 42.5 Å². The molecule has 2 aliphatic rings. The highest BCUT2D eigenvalue weighted by Gasteiger charge is 2.26. The van der Waals surface area contributed by atoms with Crippen LogP contribution in [0.1, 0.15) is 23.1 Å². The van der Waals surface area contributed by atoms with Crippen molar-refractivity contribution in [3.05, 3.63) is 59.2 Å². The van der Waals surface area contributed by atoms with Crippen molar-refractivity contribution >= 4 is 27.3 Å². The van der Waals surface area contributed by atoms with E-state index in [0.717, 1.165) is 69.6 Å². The number of amides is 1. The van der Waals surface area contributed by atoms with Crippen molar-refractivity contribution in [1.29, 1.82) is 0 Å². The number of piperazine rings is 1. The lowest BCUT2D eigenvalue weighted by Gasteiger charge is -2.37. The number of hydrogen-bond donors (Lipinski definition) is 1. The highest BCUT2D eigenvalue weighted by Crippen LogP contribution is 2.33. The Hall–Kier alpha value is -2.58. The molecule has 0 saturated carbocycles. The third-order valence-electron chi connectivity index (χ3n) is 6.35. The average Bonchev–Trinajstić information content (AvgIpc) is 2.75. The van der Waals surface area contributed by atoms with Gasteiger partial charge in [-0.05, 0) is 48.6 Å². The summed E-state index contributed by atoms with van der Waals surface area (Å²) in [5, 5.41) is 0. The van der Waals surface area contributed by atoms with Crippen molar-refractivity contribution in [3.8, 4) is 0 Å². The second-order valence-corrected chi connectivity index (χ2v) is 10.5. The summed E-state index contributed by atoms with van der Waals surface area (Å²) in [6.45, 7) is 7.41. The molecule has 0 spiro atoms. The maximum Gasteiger partial charge on any atom is 0.242 e. The van der Waals surface area contributed by atoms with E-state index in [0.29, 0.717) is 12.2 Å². The van der Waals surface area contributed by atoms with Gasteiger partial charge in [0.1, 0.15) is 0 Å². The number of benzene rings is 2. The Morgan fingerprint density at radius 3 is 2.47 bits per heavy atom. The minimum absolute atomic E-state index is 0.134. The van der Waals surface area contributed by atoms with Crippen LogP contribution in [0, 0.1) is 6.92 Å². The highest BCUT2D eigenvalue weighted by molar-refractivity contribution is 7.92. The molecule has 172 valence electrons. The zero-order valence-electron chi connectivity index (χ0n) is 18.9. The Balaban J connectivity index is 1.37. The van der Waals surface area contributed by atoms with E-state index in [2.05, 4.69) is 45.7 Å². The van der Waals surface area contributed by atoms with Gasteiger partial charge in [0, 0.05) is 45.0 Å². The van der Waals surface area contributed by atoms with E-state index in [1.165, 1.54) is 11.1 Å². The third-order valence-corrected chi connectivity index (χ3v) is 6.94. The van der Waals surface area contributed by atoms with Crippen LogP contribution in [0.3, 0.4) is 0 Å². The number of nitrogens with one attached hydrogen (secondary N) is 1. The summed E-state index contributed by atoms with van der Waals surface area (Å²) in [6.07, 6.45) is 2.86. The molecular weight excluding hydrogens is 424 g/mol. The first kappa shape index (κ1) is 22.6. The van der Waals surface area contributed by atoms with Crippen LogP contribution < -0.4 is 9.62 Å². The number of nitrogens with zero attached hydrogens (tertiary/aromatic N) is 3. The van der Waals surface area contributed by atoms with Gasteiger partial charge in [0.05, 0.1) is 18.5 Å². The maximum absolute atomic E-state index is 13.1. The van der Waals surface area contributed by atoms with Crippen LogP contribution in [0.2, 0.25) is 0 Å². The van der Waals surface area contributed by atoms with Gasteiger partial charge in [-0.2, -0.15) is 0 Å². The van der Waals surface area contributed by atoms with Crippen LogP contribution in [-0.4, -0.2) is 69.6 Å². The van der Waals surface area contributed by atoms with E-state index < -0.39 is 10.0 Å². The highest BCUT2D eigenvalue weighted by atomic mass is 32.2. The SMILES string of the molecule is Cc1ccccc1CN1CCN(C(=O)CN2CCCc3c(NS(C)(=O)=O)cccc32)CC1. The summed E-state index contributed by atoms with van der Waals surface area (Å²) in [7, 11) is -3.35. The van der Waals surface area contributed by atoms with Crippen LogP contribution in [0.25, 0.3) is 0 Å². The Bertz CT molecular complexity index is 1080. The van der Waals surface area contributed by atoms with Crippen LogP contribution in [-0.2, 0) is 27.8 Å². The normalized spacial score (nSPS) is 17.2. The first-order chi connectivity index (χ1) is 15.3. The van der Waals surface area contributed by atoms with E-state index in [4.69, 9.17) is 0 Å². The fraction of sp³-hybridized carbons (Fsp3) is 0.458. The van der Waals surface area contributed by atoms with E-state index in [1.807, 2.05) is 17.0 Å². The fourth-order valence-electron chi connectivity index (χ4n) is 4.61. The number of aryl methyl sites for hydroxylation is 1. The molecule has 1 fully saturated rings. The van der Waals surface area contributed by atoms with Crippen LogP contribution in [0.4, 0.5) is 11.4 Å². The Kier molecular flexibility index (Phi) is 6.71. The summed E-state index contributed by atoms with van der Waals surface area (Å²) in [5.74, 6) is 0.134. The molecule has 0 unspecified atom stereocenters. The smallest absolute Gasteiger partial charge is 0.242 e. The van der Waals surface area contributed by atoms with Gasteiger partial charge in [-0.3, -0.25) is 14.4 Å². The second-order valence-electron chi connectivity index (χ2n) is 8.79. The Morgan fingerprint density at radius 2 is 1.75 bits per heavy atom. The van der Waals surface area contributed by atoms with Gasteiger partial charge in [-0.25, -0.2) is 8.42 Å². The number of rotatable bonds is 6. The molecule has 32 heavy (non-hydrogen) atoms. The minimum Gasteiger partial charge on any atom is -0.362 e. The van der Waals surface area contributed by atoms with E-state index in [1.54, 1.807) is 6.07 Å². The third kappa shape index (κ3) is 5.42. The number of hydrogen-bond acceptors (Lipinski definition) is 5. The van der Waals surface area contributed by atoms with Crippen LogP contribution >= 0.6 is 0 Å². The molecule has 1 saturated heterocycles. The average molecular weight is 457 g/mol. The molecular formula is C24H32N4O3S. The molecule has 1 amide bonds. The van der Waals surface area contributed by atoms with Crippen molar-refractivity contribution in [1.82, 2.24) is 9.80 Å². The first-order valence-corrected chi connectivity index (χ1v) is 13.1. The summed E-state index contributed by atoms with van der Waals surface area (Å²) < 4.78 is 26.1. The zero-order chi connectivity index (χ0) is 22.7. The molecule has 0 aromatic heterocycles. The van der Waals surface area contributed by atoms with Gasteiger partial charge in [-0.1, -0.05) is 30.3 Å². The number of anilines is 2. The molecule has 2 aromatic rings.